The van der Waals surface area contributed by atoms with Crippen molar-refractivity contribution in [2.45, 2.75) is 44.6 Å². The molecule has 1 amide bonds. The second kappa shape index (κ2) is 8.62. The molecule has 20 heavy (non-hydrogen) atoms. The second-order valence-electron chi connectivity index (χ2n) is 5.44. The predicted molar refractivity (Wildman–Crippen MR) is 90.7 cm³/mol. The third-order valence-corrected chi connectivity index (χ3v) is 4.43. The largest absolute Gasteiger partial charge is 0.352 e. The summed E-state index contributed by atoms with van der Waals surface area (Å²) in [4.78, 5) is 11.7. The van der Waals surface area contributed by atoms with Crippen LogP contribution in [-0.4, -0.2) is 25.0 Å². The highest BCUT2D eigenvalue weighted by Crippen LogP contribution is 2.11. The zero-order valence-corrected chi connectivity index (χ0v) is 14.0. The number of nitrogens with one attached hydrogen (secondary N) is 2. The van der Waals surface area contributed by atoms with Gasteiger partial charge in [0.2, 0.25) is 5.91 Å². The Morgan fingerprint density at radius 1 is 1.25 bits per heavy atom. The minimum atomic E-state index is 0.216. The van der Waals surface area contributed by atoms with Crippen LogP contribution in [0.25, 0.3) is 0 Å². The third kappa shape index (κ3) is 5.79. The van der Waals surface area contributed by atoms with E-state index in [9.17, 15) is 4.79 Å². The molecule has 1 aliphatic heterocycles. The van der Waals surface area contributed by atoms with Gasteiger partial charge in [-0.2, -0.15) is 0 Å². The highest BCUT2D eigenvalue weighted by Gasteiger charge is 2.15. The van der Waals surface area contributed by atoms with Gasteiger partial charge in [0.05, 0.1) is 0 Å². The van der Waals surface area contributed by atoms with E-state index >= 15 is 0 Å². The lowest BCUT2D eigenvalue weighted by Gasteiger charge is -2.10. The molecule has 0 aromatic heterocycles. The number of carbonyl (C=O) groups excluding carboxylic acids is 1. The molecule has 110 valence electrons. The number of aryl methyl sites for hydroxylation is 1. The standard InChI is InChI=1S/C16H23IN2O/c17-14-8-6-13(7-9-14)4-2-1-3-5-16(20)19-15-10-11-18-12-15/h6-9,15,18H,1-5,10-12H2,(H,19,20). The number of hydrogen-bond donors (Lipinski definition) is 2. The van der Waals surface area contributed by atoms with Crippen LogP contribution < -0.4 is 10.6 Å². The lowest BCUT2D eigenvalue weighted by atomic mass is 10.1. The molecule has 0 bridgehead atoms. The van der Waals surface area contributed by atoms with Gasteiger partial charge in [-0.05, 0) is 72.5 Å². The Morgan fingerprint density at radius 2 is 2.05 bits per heavy atom. The topological polar surface area (TPSA) is 41.1 Å². The number of halogens is 1. The summed E-state index contributed by atoms with van der Waals surface area (Å²) in [6.07, 6.45) is 6.14. The van der Waals surface area contributed by atoms with Gasteiger partial charge < -0.3 is 10.6 Å². The Labute approximate surface area is 135 Å². The highest BCUT2D eigenvalue weighted by molar-refractivity contribution is 14.1. The Kier molecular flexibility index (Phi) is 6.79. The molecular formula is C16H23IN2O. The Morgan fingerprint density at radius 3 is 2.75 bits per heavy atom. The van der Waals surface area contributed by atoms with E-state index in [2.05, 4.69) is 57.5 Å². The van der Waals surface area contributed by atoms with E-state index in [-0.39, 0.29) is 5.91 Å². The molecule has 1 saturated heterocycles. The van der Waals surface area contributed by atoms with Crippen LogP contribution in [-0.2, 0) is 11.2 Å². The van der Waals surface area contributed by atoms with Gasteiger partial charge in [0.15, 0.2) is 0 Å². The summed E-state index contributed by atoms with van der Waals surface area (Å²) in [7, 11) is 0. The van der Waals surface area contributed by atoms with Gasteiger partial charge in [-0.1, -0.05) is 18.6 Å². The van der Waals surface area contributed by atoms with Crippen molar-refractivity contribution in [3.63, 3.8) is 0 Å². The molecule has 2 N–H and O–H groups in total. The predicted octanol–water partition coefficient (Wildman–Crippen LogP) is 2.87. The summed E-state index contributed by atoms with van der Waals surface area (Å²) in [6, 6.07) is 9.05. The van der Waals surface area contributed by atoms with Crippen molar-refractivity contribution in [2.75, 3.05) is 13.1 Å². The monoisotopic (exact) mass is 386 g/mol. The molecule has 0 saturated carbocycles. The van der Waals surface area contributed by atoms with Gasteiger partial charge in [0.1, 0.15) is 0 Å². The van der Waals surface area contributed by atoms with Crippen molar-refractivity contribution in [1.29, 1.82) is 0 Å². The van der Waals surface area contributed by atoms with Crippen LogP contribution in [0.1, 0.15) is 37.7 Å². The van der Waals surface area contributed by atoms with Crippen LogP contribution in [0, 0.1) is 3.57 Å². The third-order valence-electron chi connectivity index (χ3n) is 3.71. The molecule has 1 aliphatic rings. The number of hydrogen-bond acceptors (Lipinski definition) is 2. The Balaban J connectivity index is 1.52. The van der Waals surface area contributed by atoms with E-state index in [1.807, 2.05) is 0 Å². The summed E-state index contributed by atoms with van der Waals surface area (Å²) in [5, 5.41) is 6.35. The van der Waals surface area contributed by atoms with E-state index in [0.29, 0.717) is 12.5 Å². The first-order valence-electron chi connectivity index (χ1n) is 7.48. The van der Waals surface area contributed by atoms with Gasteiger partial charge in [0, 0.05) is 22.6 Å². The van der Waals surface area contributed by atoms with Gasteiger partial charge in [-0.25, -0.2) is 0 Å². The number of rotatable bonds is 7. The van der Waals surface area contributed by atoms with Gasteiger partial charge in [0.25, 0.3) is 0 Å². The van der Waals surface area contributed by atoms with Crippen LogP contribution >= 0.6 is 22.6 Å². The second-order valence-corrected chi connectivity index (χ2v) is 6.69. The lowest BCUT2D eigenvalue weighted by molar-refractivity contribution is -0.121. The summed E-state index contributed by atoms with van der Waals surface area (Å²) >= 11 is 2.33. The first-order valence-corrected chi connectivity index (χ1v) is 8.56. The zero-order valence-electron chi connectivity index (χ0n) is 11.8. The molecule has 2 rings (SSSR count). The maximum atomic E-state index is 11.7. The number of benzene rings is 1. The van der Waals surface area contributed by atoms with Crippen LogP contribution in [0.4, 0.5) is 0 Å². The smallest absolute Gasteiger partial charge is 0.220 e. The lowest BCUT2D eigenvalue weighted by Crippen LogP contribution is -2.35. The molecular weight excluding hydrogens is 363 g/mol. The average Bonchev–Trinajstić information content (AvgIpc) is 2.93. The van der Waals surface area contributed by atoms with E-state index in [4.69, 9.17) is 0 Å². The number of carbonyl (C=O) groups is 1. The van der Waals surface area contributed by atoms with Gasteiger partial charge >= 0.3 is 0 Å². The molecule has 1 aromatic rings. The maximum absolute atomic E-state index is 11.7. The minimum Gasteiger partial charge on any atom is -0.352 e. The van der Waals surface area contributed by atoms with Crippen molar-refractivity contribution in [3.8, 4) is 0 Å². The SMILES string of the molecule is O=C(CCCCCc1ccc(I)cc1)NC1CCNC1. The van der Waals surface area contributed by atoms with Crippen molar-refractivity contribution < 1.29 is 4.79 Å². The van der Waals surface area contributed by atoms with Crippen LogP contribution in [0.15, 0.2) is 24.3 Å². The van der Waals surface area contributed by atoms with Crippen LogP contribution in [0.5, 0.6) is 0 Å². The van der Waals surface area contributed by atoms with E-state index in [1.165, 1.54) is 15.6 Å². The maximum Gasteiger partial charge on any atom is 0.220 e. The van der Waals surface area contributed by atoms with Gasteiger partial charge in [-0.3, -0.25) is 4.79 Å². The minimum absolute atomic E-state index is 0.216. The average molecular weight is 386 g/mol. The fraction of sp³-hybridized carbons (Fsp3) is 0.562. The summed E-state index contributed by atoms with van der Waals surface area (Å²) < 4.78 is 1.28. The Hall–Kier alpha value is -0.620. The molecule has 4 heteroatoms. The fourth-order valence-electron chi connectivity index (χ4n) is 2.52. The summed E-state index contributed by atoms with van der Waals surface area (Å²) in [5.74, 6) is 0.216. The Bertz CT molecular complexity index is 413. The molecule has 1 unspecified atom stereocenters. The molecule has 1 atom stereocenters. The van der Waals surface area contributed by atoms with Crippen molar-refractivity contribution in [1.82, 2.24) is 10.6 Å². The molecule has 0 spiro atoms. The van der Waals surface area contributed by atoms with Crippen LogP contribution in [0.3, 0.4) is 0 Å². The first-order chi connectivity index (χ1) is 9.74. The molecule has 1 heterocycles. The van der Waals surface area contributed by atoms with E-state index in [0.717, 1.165) is 38.8 Å². The molecule has 3 nitrogen and oxygen atoms in total. The summed E-state index contributed by atoms with van der Waals surface area (Å²) in [6.45, 7) is 1.96. The van der Waals surface area contributed by atoms with Gasteiger partial charge in [-0.15, -0.1) is 0 Å². The van der Waals surface area contributed by atoms with E-state index in [1.54, 1.807) is 0 Å². The normalized spacial score (nSPS) is 18.1. The highest BCUT2D eigenvalue weighted by atomic mass is 127. The van der Waals surface area contributed by atoms with Crippen molar-refractivity contribution in [3.05, 3.63) is 33.4 Å². The molecule has 0 radical (unpaired) electrons. The first kappa shape index (κ1) is 15.8. The van der Waals surface area contributed by atoms with E-state index < -0.39 is 0 Å². The van der Waals surface area contributed by atoms with Crippen molar-refractivity contribution >= 4 is 28.5 Å². The molecule has 1 aromatic carbocycles. The summed E-state index contributed by atoms with van der Waals surface area (Å²) in [5.41, 5.74) is 1.40. The zero-order chi connectivity index (χ0) is 14.2. The molecule has 0 aliphatic carbocycles. The quantitative estimate of drug-likeness (QED) is 0.559. The number of unbranched alkanes of at least 4 members (excludes halogenated alkanes) is 2. The van der Waals surface area contributed by atoms with Crippen LogP contribution in [0.2, 0.25) is 0 Å². The fourth-order valence-corrected chi connectivity index (χ4v) is 2.88. The van der Waals surface area contributed by atoms with Crippen molar-refractivity contribution in [2.24, 2.45) is 0 Å². The molecule has 1 fully saturated rings. The number of amides is 1.